The molecule has 0 unspecified atom stereocenters. The number of rotatable bonds is 4. The Hall–Kier alpha value is -2.56. The number of aromatic nitrogens is 1. The van der Waals surface area contributed by atoms with E-state index in [4.69, 9.17) is 4.98 Å². The topological polar surface area (TPSA) is 12.9 Å². The van der Waals surface area contributed by atoms with Gasteiger partial charge in [-0.05, 0) is 58.2 Å². The third kappa shape index (κ3) is 4.29. The molecule has 0 spiro atoms. The number of halogens is 2. The van der Waals surface area contributed by atoms with E-state index < -0.39 is 0 Å². The summed E-state index contributed by atoms with van der Waals surface area (Å²) in [5, 5.41) is 0.866. The van der Waals surface area contributed by atoms with Gasteiger partial charge in [0.15, 0.2) is 0 Å². The second kappa shape index (κ2) is 8.21. The van der Waals surface area contributed by atoms with Crippen molar-refractivity contribution in [2.45, 2.75) is 6.92 Å². The van der Waals surface area contributed by atoms with Gasteiger partial charge < -0.3 is 0 Å². The van der Waals surface area contributed by atoms with Gasteiger partial charge >= 0.3 is 0 Å². The molecular weight excluding hydrogens is 433 g/mol. The zero-order chi connectivity index (χ0) is 19.5. The molecule has 3 aromatic carbocycles. The fourth-order valence-electron chi connectivity index (χ4n) is 2.82. The van der Waals surface area contributed by atoms with E-state index in [1.807, 2.05) is 0 Å². The van der Waals surface area contributed by atoms with Crippen LogP contribution in [0.3, 0.4) is 0 Å². The van der Waals surface area contributed by atoms with Crippen LogP contribution in [0.2, 0.25) is 0 Å². The first-order valence-electron chi connectivity index (χ1n) is 8.86. The molecule has 0 N–H and O–H groups in total. The Labute approximate surface area is 176 Å². The first kappa shape index (κ1) is 18.8. The van der Waals surface area contributed by atoms with Crippen LogP contribution in [0.4, 0.5) is 4.39 Å². The minimum atomic E-state index is -0.242. The lowest BCUT2D eigenvalue weighted by Crippen LogP contribution is -1.82. The Kier molecular flexibility index (Phi) is 5.51. The lowest BCUT2D eigenvalue weighted by molar-refractivity contribution is 0.628. The highest BCUT2D eigenvalue weighted by molar-refractivity contribution is 9.11. The molecule has 1 aromatic heterocycles. The van der Waals surface area contributed by atoms with E-state index in [9.17, 15) is 4.39 Å². The standard InChI is InChI=1S/C24H17BrFNS/c1-16-2-4-17(5-3-16)6-7-18-8-10-19(11-9-18)22-23(25)28-24(27-22)20-12-14-21(26)15-13-20/h2-15H,1H3/b7-6+. The van der Waals surface area contributed by atoms with Crippen molar-refractivity contribution in [2.75, 3.05) is 0 Å². The number of hydrogen-bond donors (Lipinski definition) is 0. The van der Waals surface area contributed by atoms with Crippen molar-refractivity contribution in [3.05, 3.63) is 99.1 Å². The Morgan fingerprint density at radius 2 is 1.32 bits per heavy atom. The molecule has 4 aromatic rings. The number of aryl methyl sites for hydroxylation is 1. The SMILES string of the molecule is Cc1ccc(/C=C/c2ccc(-c3nc(-c4ccc(F)cc4)sc3Br)cc2)cc1. The predicted molar refractivity (Wildman–Crippen MR) is 121 cm³/mol. The molecule has 28 heavy (non-hydrogen) atoms. The summed E-state index contributed by atoms with van der Waals surface area (Å²) in [6, 6.07) is 23.2. The summed E-state index contributed by atoms with van der Waals surface area (Å²) >= 11 is 5.17. The number of benzene rings is 3. The molecule has 0 fully saturated rings. The highest BCUT2D eigenvalue weighted by atomic mass is 79.9. The minimum absolute atomic E-state index is 0.242. The quantitative estimate of drug-likeness (QED) is 0.289. The summed E-state index contributed by atoms with van der Waals surface area (Å²) in [4.78, 5) is 4.74. The van der Waals surface area contributed by atoms with E-state index in [0.717, 1.165) is 31.2 Å². The van der Waals surface area contributed by atoms with E-state index in [0.29, 0.717) is 0 Å². The van der Waals surface area contributed by atoms with Crippen LogP contribution < -0.4 is 0 Å². The maximum absolute atomic E-state index is 13.1. The van der Waals surface area contributed by atoms with Crippen molar-refractivity contribution < 1.29 is 4.39 Å². The van der Waals surface area contributed by atoms with Gasteiger partial charge in [-0.2, -0.15) is 0 Å². The van der Waals surface area contributed by atoms with E-state index >= 15 is 0 Å². The van der Waals surface area contributed by atoms with Crippen LogP contribution in [0.1, 0.15) is 16.7 Å². The molecule has 138 valence electrons. The van der Waals surface area contributed by atoms with E-state index in [1.54, 1.807) is 23.5 Å². The van der Waals surface area contributed by atoms with Crippen LogP contribution >= 0.6 is 27.3 Å². The third-order valence-electron chi connectivity index (χ3n) is 4.41. The molecule has 0 aliphatic rings. The first-order chi connectivity index (χ1) is 13.6. The second-order valence-corrected chi connectivity index (χ2v) is 8.83. The van der Waals surface area contributed by atoms with Gasteiger partial charge in [0.1, 0.15) is 10.8 Å². The third-order valence-corrected chi connectivity index (χ3v) is 6.16. The van der Waals surface area contributed by atoms with Crippen molar-refractivity contribution in [1.29, 1.82) is 0 Å². The molecule has 0 saturated carbocycles. The van der Waals surface area contributed by atoms with Crippen molar-refractivity contribution in [1.82, 2.24) is 4.98 Å². The fraction of sp³-hybridized carbons (Fsp3) is 0.0417. The number of thiazole rings is 1. The van der Waals surface area contributed by atoms with E-state index in [-0.39, 0.29) is 5.82 Å². The van der Waals surface area contributed by atoms with Crippen molar-refractivity contribution >= 4 is 39.4 Å². The molecule has 4 heteroatoms. The molecular formula is C24H17BrFNS. The normalized spacial score (nSPS) is 11.2. The summed E-state index contributed by atoms with van der Waals surface area (Å²) in [6.07, 6.45) is 4.22. The van der Waals surface area contributed by atoms with E-state index in [1.165, 1.54) is 23.3 Å². The summed E-state index contributed by atoms with van der Waals surface area (Å²) in [5.41, 5.74) is 6.43. The van der Waals surface area contributed by atoms with Gasteiger partial charge in [0.25, 0.3) is 0 Å². The lowest BCUT2D eigenvalue weighted by atomic mass is 10.1. The molecule has 0 atom stereocenters. The van der Waals surface area contributed by atoms with Gasteiger partial charge in [-0.15, -0.1) is 11.3 Å². The zero-order valence-corrected chi connectivity index (χ0v) is 17.6. The number of hydrogen-bond acceptors (Lipinski definition) is 2. The highest BCUT2D eigenvalue weighted by Crippen LogP contribution is 2.37. The first-order valence-corrected chi connectivity index (χ1v) is 10.5. The second-order valence-electron chi connectivity index (χ2n) is 6.51. The van der Waals surface area contributed by atoms with Crippen molar-refractivity contribution in [3.63, 3.8) is 0 Å². The van der Waals surface area contributed by atoms with Gasteiger partial charge in [0.2, 0.25) is 0 Å². The molecule has 4 rings (SSSR count). The van der Waals surface area contributed by atoms with Crippen LogP contribution in [0, 0.1) is 12.7 Å². The molecule has 1 nitrogen and oxygen atoms in total. The Morgan fingerprint density at radius 3 is 1.93 bits per heavy atom. The van der Waals surface area contributed by atoms with Crippen LogP contribution in [0.25, 0.3) is 34.0 Å². The summed E-state index contributed by atoms with van der Waals surface area (Å²) in [6.45, 7) is 2.09. The van der Waals surface area contributed by atoms with Gasteiger partial charge in [0, 0.05) is 11.1 Å². The van der Waals surface area contributed by atoms with Crippen LogP contribution in [0.15, 0.2) is 76.6 Å². The Morgan fingerprint density at radius 1 is 0.786 bits per heavy atom. The average molecular weight is 450 g/mol. The monoisotopic (exact) mass is 449 g/mol. The Balaban J connectivity index is 1.55. The fourth-order valence-corrected chi connectivity index (χ4v) is 4.42. The van der Waals surface area contributed by atoms with Crippen molar-refractivity contribution in [2.24, 2.45) is 0 Å². The smallest absolute Gasteiger partial charge is 0.125 e. The molecule has 0 aliphatic heterocycles. The van der Waals surface area contributed by atoms with Crippen molar-refractivity contribution in [3.8, 4) is 21.8 Å². The summed E-state index contributed by atoms with van der Waals surface area (Å²) < 4.78 is 14.1. The van der Waals surface area contributed by atoms with Crippen LogP contribution in [-0.2, 0) is 0 Å². The zero-order valence-electron chi connectivity index (χ0n) is 15.2. The molecule has 0 radical (unpaired) electrons. The lowest BCUT2D eigenvalue weighted by Gasteiger charge is -2.00. The van der Waals surface area contributed by atoms with Gasteiger partial charge in [-0.3, -0.25) is 0 Å². The highest BCUT2D eigenvalue weighted by Gasteiger charge is 2.12. The maximum atomic E-state index is 13.1. The van der Waals surface area contributed by atoms with Gasteiger partial charge in [0.05, 0.1) is 9.48 Å². The minimum Gasteiger partial charge on any atom is -0.235 e. The number of nitrogens with zero attached hydrogens (tertiary/aromatic N) is 1. The summed E-state index contributed by atoms with van der Waals surface area (Å²) in [5.74, 6) is -0.242. The predicted octanol–water partition coefficient (Wildman–Crippen LogP) is 7.86. The maximum Gasteiger partial charge on any atom is 0.125 e. The van der Waals surface area contributed by atoms with Crippen LogP contribution in [-0.4, -0.2) is 4.98 Å². The van der Waals surface area contributed by atoms with Crippen LogP contribution in [0.5, 0.6) is 0 Å². The summed E-state index contributed by atoms with van der Waals surface area (Å²) in [7, 11) is 0. The Bertz CT molecular complexity index is 1110. The van der Waals surface area contributed by atoms with E-state index in [2.05, 4.69) is 83.5 Å². The average Bonchev–Trinajstić information content (AvgIpc) is 3.10. The molecule has 0 aliphatic carbocycles. The van der Waals surface area contributed by atoms with Gasteiger partial charge in [-0.1, -0.05) is 66.2 Å². The van der Waals surface area contributed by atoms with Gasteiger partial charge in [-0.25, -0.2) is 9.37 Å². The molecule has 0 saturated heterocycles. The molecule has 0 bridgehead atoms. The molecule has 0 amide bonds. The molecule has 1 heterocycles. The largest absolute Gasteiger partial charge is 0.235 e.